The van der Waals surface area contributed by atoms with Gasteiger partial charge in [-0.25, -0.2) is 0 Å². The molecule has 3 heteroatoms. The molecule has 0 saturated carbocycles. The highest BCUT2D eigenvalue weighted by molar-refractivity contribution is 5.33. The van der Waals surface area contributed by atoms with E-state index >= 15 is 0 Å². The monoisotopic (exact) mass is 285 g/mol. The number of pyridine rings is 1. The topological polar surface area (TPSA) is 42.4 Å². The maximum absolute atomic E-state index is 11.4. The maximum atomic E-state index is 11.4. The van der Waals surface area contributed by atoms with Gasteiger partial charge in [-0.2, -0.15) is 0 Å². The minimum Gasteiger partial charge on any atom is -0.497 e. The minimum atomic E-state index is -0.970. The Morgan fingerprint density at radius 2 is 1.76 bits per heavy atom. The zero-order valence-electron chi connectivity index (χ0n) is 13.1. The molecule has 0 saturated heterocycles. The van der Waals surface area contributed by atoms with Crippen molar-refractivity contribution in [3.05, 3.63) is 59.9 Å². The van der Waals surface area contributed by atoms with E-state index in [0.717, 1.165) is 16.9 Å². The fraction of sp³-hybridized carbons (Fsp3) is 0.389. The van der Waals surface area contributed by atoms with Crippen LogP contribution in [0, 0.1) is 5.41 Å². The average molecular weight is 285 g/mol. The summed E-state index contributed by atoms with van der Waals surface area (Å²) in [4.78, 5) is 4.14. The van der Waals surface area contributed by atoms with Gasteiger partial charge in [-0.3, -0.25) is 4.98 Å². The van der Waals surface area contributed by atoms with Crippen molar-refractivity contribution in [3.63, 3.8) is 0 Å². The Morgan fingerprint density at radius 1 is 1.10 bits per heavy atom. The van der Waals surface area contributed by atoms with Crippen LogP contribution in [0.15, 0.2) is 48.8 Å². The Balaban J connectivity index is 2.41. The lowest BCUT2D eigenvalue weighted by Crippen LogP contribution is -2.42. The van der Waals surface area contributed by atoms with Crippen molar-refractivity contribution in [1.29, 1.82) is 0 Å². The fourth-order valence-electron chi connectivity index (χ4n) is 2.47. The second-order valence-electron chi connectivity index (χ2n) is 6.38. The molecule has 2 rings (SSSR count). The van der Waals surface area contributed by atoms with Crippen LogP contribution in [0.2, 0.25) is 0 Å². The van der Waals surface area contributed by atoms with Crippen LogP contribution in [0.3, 0.4) is 0 Å². The van der Waals surface area contributed by atoms with E-state index in [0.29, 0.717) is 6.42 Å². The lowest BCUT2D eigenvalue weighted by atomic mass is 9.69. The SMILES string of the molecule is COc1ccc(C(O)(Cc2cccnc2)C(C)(C)C)cc1. The van der Waals surface area contributed by atoms with Crippen LogP contribution in [0.1, 0.15) is 31.9 Å². The molecule has 3 nitrogen and oxygen atoms in total. The van der Waals surface area contributed by atoms with Crippen LogP contribution in [0.5, 0.6) is 5.75 Å². The van der Waals surface area contributed by atoms with Gasteiger partial charge in [-0.05, 0) is 34.7 Å². The number of ether oxygens (including phenoxy) is 1. The Labute approximate surface area is 126 Å². The van der Waals surface area contributed by atoms with Crippen molar-refractivity contribution in [2.75, 3.05) is 7.11 Å². The maximum Gasteiger partial charge on any atom is 0.118 e. The number of hydrogen-bond acceptors (Lipinski definition) is 3. The van der Waals surface area contributed by atoms with E-state index in [4.69, 9.17) is 4.74 Å². The third kappa shape index (κ3) is 3.24. The Hall–Kier alpha value is -1.87. The molecule has 0 aliphatic carbocycles. The number of methoxy groups -OCH3 is 1. The van der Waals surface area contributed by atoms with E-state index < -0.39 is 5.60 Å². The molecule has 2 aromatic rings. The normalized spacial score (nSPS) is 14.5. The van der Waals surface area contributed by atoms with Crippen LogP contribution in [0.4, 0.5) is 0 Å². The largest absolute Gasteiger partial charge is 0.497 e. The van der Waals surface area contributed by atoms with Gasteiger partial charge in [-0.15, -0.1) is 0 Å². The second kappa shape index (κ2) is 5.86. The predicted octanol–water partition coefficient (Wildman–Crippen LogP) is 3.57. The lowest BCUT2D eigenvalue weighted by molar-refractivity contribution is -0.0640. The molecule has 0 bridgehead atoms. The van der Waals surface area contributed by atoms with E-state index in [1.807, 2.05) is 57.2 Å². The van der Waals surface area contributed by atoms with Gasteiger partial charge in [0.25, 0.3) is 0 Å². The van der Waals surface area contributed by atoms with E-state index in [9.17, 15) is 5.11 Å². The molecular formula is C18H23NO2. The minimum absolute atomic E-state index is 0.308. The summed E-state index contributed by atoms with van der Waals surface area (Å²) in [6, 6.07) is 11.5. The van der Waals surface area contributed by atoms with Gasteiger partial charge in [0.2, 0.25) is 0 Å². The van der Waals surface area contributed by atoms with Crippen LogP contribution in [0.25, 0.3) is 0 Å². The molecule has 1 N–H and O–H groups in total. The Kier molecular flexibility index (Phi) is 4.33. The summed E-state index contributed by atoms with van der Waals surface area (Å²) >= 11 is 0. The summed E-state index contributed by atoms with van der Waals surface area (Å²) in [5.41, 5.74) is 0.630. The Morgan fingerprint density at radius 3 is 2.24 bits per heavy atom. The molecule has 1 unspecified atom stereocenters. The number of aromatic nitrogens is 1. The van der Waals surface area contributed by atoms with E-state index in [-0.39, 0.29) is 5.41 Å². The Bertz CT molecular complexity index is 572. The molecular weight excluding hydrogens is 262 g/mol. The summed E-state index contributed by atoms with van der Waals surface area (Å²) in [5, 5.41) is 11.4. The molecule has 1 aromatic carbocycles. The first-order chi connectivity index (χ1) is 9.87. The first-order valence-corrected chi connectivity index (χ1v) is 7.12. The molecule has 1 aromatic heterocycles. The zero-order chi connectivity index (χ0) is 15.5. The number of nitrogens with zero attached hydrogens (tertiary/aromatic N) is 1. The third-order valence-corrected chi connectivity index (χ3v) is 3.99. The quantitative estimate of drug-likeness (QED) is 0.934. The first-order valence-electron chi connectivity index (χ1n) is 7.12. The van der Waals surface area contributed by atoms with Crippen molar-refractivity contribution in [2.45, 2.75) is 32.8 Å². The molecule has 0 radical (unpaired) electrons. The number of benzene rings is 1. The molecule has 0 fully saturated rings. The number of rotatable bonds is 4. The molecule has 0 spiro atoms. The van der Waals surface area contributed by atoms with Crippen molar-refractivity contribution in [1.82, 2.24) is 4.98 Å². The highest BCUT2D eigenvalue weighted by atomic mass is 16.5. The fourth-order valence-corrected chi connectivity index (χ4v) is 2.47. The average Bonchev–Trinajstić information content (AvgIpc) is 2.47. The van der Waals surface area contributed by atoms with Gasteiger partial charge in [0.1, 0.15) is 5.75 Å². The van der Waals surface area contributed by atoms with Crippen molar-refractivity contribution in [3.8, 4) is 5.75 Å². The lowest BCUT2D eigenvalue weighted by Gasteiger charge is -2.41. The summed E-state index contributed by atoms with van der Waals surface area (Å²) in [6.07, 6.45) is 4.07. The molecule has 0 amide bonds. The van der Waals surface area contributed by atoms with Gasteiger partial charge in [0.15, 0.2) is 0 Å². The van der Waals surface area contributed by atoms with Gasteiger partial charge in [0, 0.05) is 18.8 Å². The van der Waals surface area contributed by atoms with Crippen molar-refractivity contribution in [2.24, 2.45) is 5.41 Å². The number of aliphatic hydroxyl groups is 1. The first kappa shape index (κ1) is 15.5. The standard InChI is InChI=1S/C18H23NO2/c1-17(2,3)18(20,12-14-6-5-11-19-13-14)15-7-9-16(21-4)10-8-15/h5-11,13,20H,12H2,1-4H3. The van der Waals surface area contributed by atoms with Gasteiger partial charge >= 0.3 is 0 Å². The van der Waals surface area contributed by atoms with Crippen LogP contribution in [-0.4, -0.2) is 17.2 Å². The molecule has 1 atom stereocenters. The third-order valence-electron chi connectivity index (χ3n) is 3.99. The summed E-state index contributed by atoms with van der Waals surface area (Å²) in [6.45, 7) is 6.15. The van der Waals surface area contributed by atoms with Crippen LogP contribution < -0.4 is 4.74 Å². The van der Waals surface area contributed by atoms with E-state index in [1.54, 1.807) is 19.5 Å². The summed E-state index contributed by atoms with van der Waals surface area (Å²) < 4.78 is 5.19. The number of hydrogen-bond donors (Lipinski definition) is 1. The van der Waals surface area contributed by atoms with Gasteiger partial charge in [-0.1, -0.05) is 39.0 Å². The van der Waals surface area contributed by atoms with Crippen molar-refractivity contribution < 1.29 is 9.84 Å². The highest BCUT2D eigenvalue weighted by Crippen LogP contribution is 2.42. The van der Waals surface area contributed by atoms with Gasteiger partial charge < -0.3 is 9.84 Å². The highest BCUT2D eigenvalue weighted by Gasteiger charge is 2.41. The molecule has 1 heterocycles. The molecule has 0 aliphatic heterocycles. The predicted molar refractivity (Wildman–Crippen MR) is 84.3 cm³/mol. The summed E-state index contributed by atoms with van der Waals surface area (Å²) in [7, 11) is 1.64. The smallest absolute Gasteiger partial charge is 0.118 e. The van der Waals surface area contributed by atoms with E-state index in [2.05, 4.69) is 4.98 Å². The molecule has 112 valence electrons. The van der Waals surface area contributed by atoms with Crippen molar-refractivity contribution >= 4 is 0 Å². The zero-order valence-corrected chi connectivity index (χ0v) is 13.1. The molecule has 0 aliphatic rings. The summed E-state index contributed by atoms with van der Waals surface area (Å²) in [5.74, 6) is 0.788. The van der Waals surface area contributed by atoms with Crippen LogP contribution >= 0.6 is 0 Å². The van der Waals surface area contributed by atoms with E-state index in [1.165, 1.54) is 0 Å². The molecule has 21 heavy (non-hydrogen) atoms. The van der Waals surface area contributed by atoms with Crippen LogP contribution in [-0.2, 0) is 12.0 Å². The second-order valence-corrected chi connectivity index (χ2v) is 6.38. The van der Waals surface area contributed by atoms with Gasteiger partial charge in [0.05, 0.1) is 12.7 Å².